The van der Waals surface area contributed by atoms with Gasteiger partial charge in [-0.1, -0.05) is 90.5 Å². The second kappa shape index (κ2) is 8.67. The number of nitrogens with one attached hydrogen (secondary N) is 1. The second-order valence-electron chi connectivity index (χ2n) is 8.04. The minimum Gasteiger partial charge on any atom is -0.340 e. The summed E-state index contributed by atoms with van der Waals surface area (Å²) < 4.78 is 0. The van der Waals surface area contributed by atoms with E-state index in [0.717, 1.165) is 16.0 Å². The molecule has 0 aliphatic carbocycles. The molecule has 3 aromatic carbocycles. The van der Waals surface area contributed by atoms with E-state index in [-0.39, 0.29) is 12.5 Å². The highest BCUT2D eigenvalue weighted by atomic mass is 16.2. The largest absolute Gasteiger partial charge is 0.340 e. The van der Waals surface area contributed by atoms with Crippen molar-refractivity contribution in [2.24, 2.45) is 0 Å². The number of imide groups is 1. The Morgan fingerprint density at radius 1 is 0.875 bits per heavy atom. The quantitative estimate of drug-likeness (QED) is 0.613. The summed E-state index contributed by atoms with van der Waals surface area (Å²) in [5.41, 5.74) is 2.04. The minimum absolute atomic E-state index is 0.314. The van der Waals surface area contributed by atoms with E-state index in [2.05, 4.69) is 5.32 Å². The van der Waals surface area contributed by atoms with Crippen LogP contribution < -0.4 is 5.32 Å². The number of rotatable bonds is 6. The Labute approximate surface area is 187 Å². The highest BCUT2D eigenvalue weighted by Gasteiger charge is 2.54. The van der Waals surface area contributed by atoms with E-state index in [1.54, 1.807) is 31.3 Å². The molecule has 1 heterocycles. The van der Waals surface area contributed by atoms with Crippen molar-refractivity contribution in [3.63, 3.8) is 0 Å². The lowest BCUT2D eigenvalue weighted by atomic mass is 9.82. The maximum absolute atomic E-state index is 13.7. The first-order chi connectivity index (χ1) is 15.4. The van der Waals surface area contributed by atoms with E-state index < -0.39 is 17.5 Å². The van der Waals surface area contributed by atoms with Gasteiger partial charge in [-0.05, 0) is 23.6 Å². The van der Waals surface area contributed by atoms with Crippen LogP contribution in [0, 0.1) is 6.92 Å². The monoisotopic (exact) mass is 427 g/mol. The van der Waals surface area contributed by atoms with Crippen LogP contribution >= 0.6 is 0 Å². The standard InChI is InChI=1S/C26H25N3O3/c1-19-13-15-20(16-14-19)17-28(2)23(30)18-29-24(31)26(27-25(29)32,21-9-5-3-6-10-21)22-11-7-4-8-12-22/h3-16H,17-18H2,1-2H3,(H,27,32). The van der Waals surface area contributed by atoms with Gasteiger partial charge in [0.05, 0.1) is 0 Å². The second-order valence-corrected chi connectivity index (χ2v) is 8.04. The Bertz CT molecular complexity index is 1090. The fourth-order valence-corrected chi connectivity index (χ4v) is 3.97. The molecule has 1 saturated heterocycles. The Hall–Kier alpha value is -3.93. The molecule has 162 valence electrons. The molecule has 6 nitrogen and oxygen atoms in total. The summed E-state index contributed by atoms with van der Waals surface area (Å²) in [7, 11) is 1.67. The predicted octanol–water partition coefficient (Wildman–Crippen LogP) is 3.45. The molecule has 6 heteroatoms. The lowest BCUT2D eigenvalue weighted by molar-refractivity contribution is -0.138. The summed E-state index contributed by atoms with van der Waals surface area (Å²) in [6.45, 7) is 2.07. The molecule has 1 fully saturated rings. The zero-order chi connectivity index (χ0) is 22.7. The molecule has 0 radical (unpaired) electrons. The smallest absolute Gasteiger partial charge is 0.326 e. The molecule has 0 atom stereocenters. The summed E-state index contributed by atoms with van der Waals surface area (Å²) in [4.78, 5) is 42.0. The third-order valence-electron chi connectivity index (χ3n) is 5.78. The van der Waals surface area contributed by atoms with Crippen LogP contribution in [0.4, 0.5) is 4.79 Å². The minimum atomic E-state index is -1.37. The number of carbonyl (C=O) groups excluding carboxylic acids is 3. The van der Waals surface area contributed by atoms with Crippen LogP contribution in [-0.4, -0.2) is 41.2 Å². The van der Waals surface area contributed by atoms with Gasteiger partial charge in [-0.15, -0.1) is 0 Å². The highest BCUT2D eigenvalue weighted by Crippen LogP contribution is 2.35. The van der Waals surface area contributed by atoms with Crippen molar-refractivity contribution in [1.82, 2.24) is 15.1 Å². The maximum Gasteiger partial charge on any atom is 0.326 e. The van der Waals surface area contributed by atoms with Crippen molar-refractivity contribution in [3.05, 3.63) is 107 Å². The molecule has 3 aromatic rings. The molecule has 4 amide bonds. The SMILES string of the molecule is Cc1ccc(CN(C)C(=O)CN2C(=O)NC(c3ccccc3)(c3ccccc3)C2=O)cc1. The van der Waals surface area contributed by atoms with E-state index >= 15 is 0 Å². The molecule has 0 spiro atoms. The number of hydrogen-bond donors (Lipinski definition) is 1. The average molecular weight is 428 g/mol. The van der Waals surface area contributed by atoms with E-state index in [1.807, 2.05) is 67.6 Å². The van der Waals surface area contributed by atoms with Gasteiger partial charge in [0.15, 0.2) is 5.54 Å². The van der Waals surface area contributed by atoms with Crippen LogP contribution in [0.15, 0.2) is 84.9 Å². The van der Waals surface area contributed by atoms with Crippen LogP contribution in [0.1, 0.15) is 22.3 Å². The molecular formula is C26H25N3O3. The number of urea groups is 1. The van der Waals surface area contributed by atoms with Crippen molar-refractivity contribution in [3.8, 4) is 0 Å². The fourth-order valence-electron chi connectivity index (χ4n) is 3.97. The van der Waals surface area contributed by atoms with Gasteiger partial charge < -0.3 is 10.2 Å². The molecular weight excluding hydrogens is 402 g/mol. The summed E-state index contributed by atoms with van der Waals surface area (Å²) in [5.74, 6) is -0.775. The van der Waals surface area contributed by atoms with Crippen LogP contribution in [0.5, 0.6) is 0 Å². The van der Waals surface area contributed by atoms with Gasteiger partial charge in [-0.3, -0.25) is 14.5 Å². The predicted molar refractivity (Wildman–Crippen MR) is 122 cm³/mol. The van der Waals surface area contributed by atoms with Crippen LogP contribution in [0.2, 0.25) is 0 Å². The van der Waals surface area contributed by atoms with Gasteiger partial charge in [0.2, 0.25) is 5.91 Å². The molecule has 0 unspecified atom stereocenters. The molecule has 0 bridgehead atoms. The number of hydrogen-bond acceptors (Lipinski definition) is 3. The lowest BCUT2D eigenvalue weighted by Crippen LogP contribution is -2.46. The van der Waals surface area contributed by atoms with Gasteiger partial charge in [0.25, 0.3) is 5.91 Å². The van der Waals surface area contributed by atoms with Crippen LogP contribution in [0.25, 0.3) is 0 Å². The first-order valence-electron chi connectivity index (χ1n) is 10.5. The maximum atomic E-state index is 13.7. The van der Waals surface area contributed by atoms with E-state index in [4.69, 9.17) is 0 Å². The van der Waals surface area contributed by atoms with Gasteiger partial charge in [-0.2, -0.15) is 0 Å². The number of aryl methyl sites for hydroxylation is 1. The zero-order valence-corrected chi connectivity index (χ0v) is 18.1. The zero-order valence-electron chi connectivity index (χ0n) is 18.1. The van der Waals surface area contributed by atoms with Crippen molar-refractivity contribution in [2.45, 2.75) is 19.0 Å². The van der Waals surface area contributed by atoms with Crippen molar-refractivity contribution >= 4 is 17.8 Å². The van der Waals surface area contributed by atoms with Crippen molar-refractivity contribution in [1.29, 1.82) is 0 Å². The molecule has 0 saturated carbocycles. The molecule has 4 rings (SSSR count). The summed E-state index contributed by atoms with van der Waals surface area (Å²) in [6.07, 6.45) is 0. The third-order valence-corrected chi connectivity index (χ3v) is 5.78. The van der Waals surface area contributed by atoms with Gasteiger partial charge in [-0.25, -0.2) is 4.79 Å². The molecule has 1 N–H and O–H groups in total. The Kier molecular flexibility index (Phi) is 5.77. The number of benzene rings is 3. The van der Waals surface area contributed by atoms with Crippen LogP contribution in [0.3, 0.4) is 0 Å². The van der Waals surface area contributed by atoms with E-state index in [0.29, 0.717) is 17.7 Å². The first kappa shape index (κ1) is 21.3. The summed E-state index contributed by atoms with van der Waals surface area (Å²) in [6, 6.07) is 25.5. The van der Waals surface area contributed by atoms with Crippen molar-refractivity contribution < 1.29 is 14.4 Å². The molecule has 1 aliphatic rings. The van der Waals surface area contributed by atoms with Gasteiger partial charge >= 0.3 is 6.03 Å². The summed E-state index contributed by atoms with van der Waals surface area (Å²) in [5, 5.41) is 2.87. The Morgan fingerprint density at radius 2 is 1.41 bits per heavy atom. The van der Waals surface area contributed by atoms with Crippen LogP contribution in [-0.2, 0) is 21.7 Å². The Balaban J connectivity index is 1.59. The third kappa shape index (κ3) is 3.87. The highest BCUT2D eigenvalue weighted by molar-refractivity contribution is 6.11. The van der Waals surface area contributed by atoms with E-state index in [9.17, 15) is 14.4 Å². The van der Waals surface area contributed by atoms with Gasteiger partial charge in [0.1, 0.15) is 6.54 Å². The number of nitrogens with zero attached hydrogens (tertiary/aromatic N) is 2. The number of carbonyl (C=O) groups is 3. The molecule has 1 aliphatic heterocycles. The first-order valence-corrected chi connectivity index (χ1v) is 10.5. The number of amides is 4. The average Bonchev–Trinajstić information content (AvgIpc) is 3.07. The number of likely N-dealkylation sites (N-methyl/N-ethyl adjacent to an activating group) is 1. The fraction of sp³-hybridized carbons (Fsp3) is 0.192. The lowest BCUT2D eigenvalue weighted by Gasteiger charge is -2.28. The summed E-state index contributed by atoms with van der Waals surface area (Å²) >= 11 is 0. The molecule has 32 heavy (non-hydrogen) atoms. The topological polar surface area (TPSA) is 69.7 Å². The van der Waals surface area contributed by atoms with Crippen molar-refractivity contribution in [2.75, 3.05) is 13.6 Å². The normalized spacial score (nSPS) is 14.9. The van der Waals surface area contributed by atoms with Gasteiger partial charge in [0, 0.05) is 13.6 Å². The Morgan fingerprint density at radius 3 is 1.94 bits per heavy atom. The van der Waals surface area contributed by atoms with E-state index in [1.165, 1.54) is 4.90 Å². The molecule has 0 aromatic heterocycles.